The SMILES string of the molecule is CN(CC(N)=O)CC(=O)Nc1cccc(C(N)=S)c1. The maximum Gasteiger partial charge on any atom is 0.238 e. The Morgan fingerprint density at radius 1 is 1.32 bits per heavy atom. The van der Waals surface area contributed by atoms with E-state index in [0.717, 1.165) is 0 Å². The van der Waals surface area contributed by atoms with Gasteiger partial charge in [-0.2, -0.15) is 0 Å². The first kappa shape index (κ1) is 15.1. The molecule has 19 heavy (non-hydrogen) atoms. The smallest absolute Gasteiger partial charge is 0.238 e. The summed E-state index contributed by atoms with van der Waals surface area (Å²) in [6.07, 6.45) is 0. The average Bonchev–Trinajstić information content (AvgIpc) is 2.27. The summed E-state index contributed by atoms with van der Waals surface area (Å²) in [6.45, 7) is 0.0978. The molecule has 0 aliphatic carbocycles. The normalized spacial score (nSPS) is 10.2. The summed E-state index contributed by atoms with van der Waals surface area (Å²) in [6, 6.07) is 6.93. The van der Waals surface area contributed by atoms with Crippen molar-refractivity contribution in [3.8, 4) is 0 Å². The molecule has 0 atom stereocenters. The first-order chi connectivity index (χ1) is 8.88. The highest BCUT2D eigenvalue weighted by atomic mass is 32.1. The molecule has 0 aliphatic heterocycles. The number of amides is 2. The molecule has 1 aromatic carbocycles. The first-order valence-corrected chi connectivity index (χ1v) is 5.96. The summed E-state index contributed by atoms with van der Waals surface area (Å²) in [4.78, 5) is 24.2. The van der Waals surface area contributed by atoms with Gasteiger partial charge in [-0.05, 0) is 19.2 Å². The van der Waals surface area contributed by atoms with Gasteiger partial charge in [0, 0.05) is 11.3 Å². The average molecular weight is 280 g/mol. The van der Waals surface area contributed by atoms with Crippen molar-refractivity contribution in [2.24, 2.45) is 11.5 Å². The highest BCUT2D eigenvalue weighted by molar-refractivity contribution is 7.80. The van der Waals surface area contributed by atoms with Crippen molar-refractivity contribution < 1.29 is 9.59 Å². The van der Waals surface area contributed by atoms with E-state index in [0.29, 0.717) is 11.3 Å². The van der Waals surface area contributed by atoms with E-state index in [1.807, 2.05) is 0 Å². The molecule has 1 aromatic rings. The van der Waals surface area contributed by atoms with E-state index in [4.69, 9.17) is 23.7 Å². The number of rotatable bonds is 6. The molecule has 5 N–H and O–H groups in total. The second kappa shape index (κ2) is 6.81. The van der Waals surface area contributed by atoms with Gasteiger partial charge in [0.1, 0.15) is 4.99 Å². The quantitative estimate of drug-likeness (QED) is 0.620. The maximum atomic E-state index is 11.7. The molecule has 1 rings (SSSR count). The Balaban J connectivity index is 2.59. The molecule has 6 nitrogen and oxygen atoms in total. The van der Waals surface area contributed by atoms with Crippen molar-refractivity contribution in [3.63, 3.8) is 0 Å². The maximum absolute atomic E-state index is 11.7. The monoisotopic (exact) mass is 280 g/mol. The number of nitrogens with one attached hydrogen (secondary N) is 1. The van der Waals surface area contributed by atoms with Crippen LogP contribution in [0.1, 0.15) is 5.56 Å². The van der Waals surface area contributed by atoms with Crippen molar-refractivity contribution >= 4 is 34.7 Å². The Morgan fingerprint density at radius 3 is 2.58 bits per heavy atom. The minimum atomic E-state index is -0.481. The second-order valence-electron chi connectivity index (χ2n) is 4.13. The molecule has 0 fully saturated rings. The number of hydrogen-bond donors (Lipinski definition) is 3. The Hall–Kier alpha value is -1.99. The summed E-state index contributed by atoms with van der Waals surface area (Å²) in [5.41, 5.74) is 11.8. The van der Waals surface area contributed by atoms with E-state index in [1.54, 1.807) is 31.3 Å². The standard InChI is InChI=1S/C12H16N4O2S/c1-16(6-10(13)17)7-11(18)15-9-4-2-3-8(5-9)12(14)19/h2-5H,6-7H2,1H3,(H2,13,17)(H2,14,19)(H,15,18). The fourth-order valence-electron chi connectivity index (χ4n) is 1.52. The topological polar surface area (TPSA) is 101 Å². The number of carbonyl (C=O) groups excluding carboxylic acids is 2. The van der Waals surface area contributed by atoms with Crippen molar-refractivity contribution in [1.29, 1.82) is 0 Å². The van der Waals surface area contributed by atoms with Crippen LogP contribution in [0.4, 0.5) is 5.69 Å². The van der Waals surface area contributed by atoms with Crippen molar-refractivity contribution in [3.05, 3.63) is 29.8 Å². The van der Waals surface area contributed by atoms with Crippen LogP contribution >= 0.6 is 12.2 Å². The van der Waals surface area contributed by atoms with E-state index in [9.17, 15) is 9.59 Å². The number of nitrogens with two attached hydrogens (primary N) is 2. The van der Waals surface area contributed by atoms with Crippen LogP contribution in [0.5, 0.6) is 0 Å². The number of nitrogens with zero attached hydrogens (tertiary/aromatic N) is 1. The van der Waals surface area contributed by atoms with Gasteiger partial charge in [0.25, 0.3) is 0 Å². The van der Waals surface area contributed by atoms with Crippen LogP contribution in [0.25, 0.3) is 0 Å². The van der Waals surface area contributed by atoms with Crippen LogP contribution in [-0.2, 0) is 9.59 Å². The Labute approximate surface area is 116 Å². The van der Waals surface area contributed by atoms with Crippen molar-refractivity contribution in [2.75, 3.05) is 25.5 Å². The lowest BCUT2D eigenvalue weighted by molar-refractivity contribution is -0.120. The van der Waals surface area contributed by atoms with Crippen LogP contribution in [0, 0.1) is 0 Å². The number of likely N-dealkylation sites (N-methyl/N-ethyl adjacent to an activating group) is 1. The molecule has 0 aromatic heterocycles. The summed E-state index contributed by atoms with van der Waals surface area (Å²) in [5, 5.41) is 2.69. The van der Waals surface area contributed by atoms with E-state index in [1.165, 1.54) is 4.90 Å². The lowest BCUT2D eigenvalue weighted by Crippen LogP contribution is -2.36. The van der Waals surface area contributed by atoms with Gasteiger partial charge in [-0.25, -0.2) is 0 Å². The predicted molar refractivity (Wildman–Crippen MR) is 77.7 cm³/mol. The molecule has 0 bridgehead atoms. The third kappa shape index (κ3) is 5.45. The van der Waals surface area contributed by atoms with Gasteiger partial charge in [-0.15, -0.1) is 0 Å². The van der Waals surface area contributed by atoms with Gasteiger partial charge in [0.2, 0.25) is 11.8 Å². The zero-order chi connectivity index (χ0) is 14.4. The number of benzene rings is 1. The van der Waals surface area contributed by atoms with Crippen LogP contribution in [-0.4, -0.2) is 41.8 Å². The molecule has 0 saturated carbocycles. The number of hydrogen-bond acceptors (Lipinski definition) is 4. The molecule has 2 amide bonds. The summed E-state index contributed by atoms with van der Waals surface area (Å²) in [5.74, 6) is -0.727. The Bertz CT molecular complexity index is 504. The van der Waals surface area contributed by atoms with E-state index in [2.05, 4.69) is 5.32 Å². The Kier molecular flexibility index (Phi) is 5.40. The Morgan fingerprint density at radius 2 is 2.00 bits per heavy atom. The van der Waals surface area contributed by atoms with E-state index in [-0.39, 0.29) is 24.0 Å². The number of primary amides is 1. The highest BCUT2D eigenvalue weighted by Gasteiger charge is 2.09. The predicted octanol–water partition coefficient (Wildman–Crippen LogP) is -0.324. The summed E-state index contributed by atoms with van der Waals surface area (Å²) >= 11 is 4.86. The molecule has 7 heteroatoms. The van der Waals surface area contributed by atoms with Gasteiger partial charge in [0.05, 0.1) is 13.1 Å². The van der Waals surface area contributed by atoms with E-state index >= 15 is 0 Å². The molecular formula is C12H16N4O2S. The van der Waals surface area contributed by atoms with Gasteiger partial charge < -0.3 is 16.8 Å². The number of carbonyl (C=O) groups is 2. The molecule has 0 unspecified atom stereocenters. The number of anilines is 1. The fraction of sp³-hybridized carbons (Fsp3) is 0.250. The zero-order valence-electron chi connectivity index (χ0n) is 10.6. The number of thiocarbonyl (C=S) groups is 1. The van der Waals surface area contributed by atoms with Crippen LogP contribution < -0.4 is 16.8 Å². The summed E-state index contributed by atoms with van der Waals surface area (Å²) < 4.78 is 0. The third-order valence-corrected chi connectivity index (χ3v) is 2.51. The molecular weight excluding hydrogens is 264 g/mol. The lowest BCUT2D eigenvalue weighted by atomic mass is 10.2. The molecule has 0 spiro atoms. The zero-order valence-corrected chi connectivity index (χ0v) is 11.4. The highest BCUT2D eigenvalue weighted by Crippen LogP contribution is 2.10. The van der Waals surface area contributed by atoms with Gasteiger partial charge in [-0.3, -0.25) is 14.5 Å². The van der Waals surface area contributed by atoms with Crippen LogP contribution in [0.3, 0.4) is 0 Å². The third-order valence-electron chi connectivity index (χ3n) is 2.27. The van der Waals surface area contributed by atoms with Crippen LogP contribution in [0.2, 0.25) is 0 Å². The van der Waals surface area contributed by atoms with Crippen LogP contribution in [0.15, 0.2) is 24.3 Å². The first-order valence-electron chi connectivity index (χ1n) is 5.55. The lowest BCUT2D eigenvalue weighted by Gasteiger charge is -2.14. The molecule has 0 radical (unpaired) electrons. The molecule has 0 aliphatic rings. The minimum Gasteiger partial charge on any atom is -0.389 e. The largest absolute Gasteiger partial charge is 0.389 e. The van der Waals surface area contributed by atoms with Gasteiger partial charge in [-0.1, -0.05) is 24.4 Å². The van der Waals surface area contributed by atoms with Crippen molar-refractivity contribution in [1.82, 2.24) is 4.90 Å². The van der Waals surface area contributed by atoms with Gasteiger partial charge in [0.15, 0.2) is 0 Å². The van der Waals surface area contributed by atoms with Crippen molar-refractivity contribution in [2.45, 2.75) is 0 Å². The fourth-order valence-corrected chi connectivity index (χ4v) is 1.64. The molecule has 0 heterocycles. The molecule has 0 saturated heterocycles. The molecule has 102 valence electrons. The van der Waals surface area contributed by atoms with E-state index < -0.39 is 5.91 Å². The summed E-state index contributed by atoms with van der Waals surface area (Å²) in [7, 11) is 1.63. The van der Waals surface area contributed by atoms with Gasteiger partial charge >= 0.3 is 0 Å². The minimum absolute atomic E-state index is 0.0281. The second-order valence-corrected chi connectivity index (χ2v) is 4.57.